The number of carbonyl (C=O) groups is 2. The van der Waals surface area contributed by atoms with Crippen LogP contribution in [0.3, 0.4) is 0 Å². The van der Waals surface area contributed by atoms with E-state index in [4.69, 9.17) is 0 Å². The van der Waals surface area contributed by atoms with E-state index in [1.165, 1.54) is 0 Å². The average molecular weight is 459 g/mol. The van der Waals surface area contributed by atoms with Gasteiger partial charge in [-0.05, 0) is 24.1 Å². The second kappa shape index (κ2) is 10.9. The largest absolute Gasteiger partial charge is 0.356 e. The first kappa shape index (κ1) is 21.2. The molecular formula is C17H26IN5O2. The molecule has 1 aliphatic rings. The van der Waals surface area contributed by atoms with Crippen LogP contribution in [0.4, 0.5) is 0 Å². The van der Waals surface area contributed by atoms with Crippen molar-refractivity contribution >= 4 is 41.8 Å². The number of benzene rings is 1. The molecule has 0 aromatic heterocycles. The highest BCUT2D eigenvalue weighted by Gasteiger charge is 2.21. The van der Waals surface area contributed by atoms with Gasteiger partial charge >= 0.3 is 0 Å². The molecule has 0 unspecified atom stereocenters. The average Bonchev–Trinajstić information content (AvgIpc) is 2.62. The number of halogens is 1. The summed E-state index contributed by atoms with van der Waals surface area (Å²) in [6.45, 7) is 4.79. The van der Waals surface area contributed by atoms with Crippen molar-refractivity contribution in [2.45, 2.75) is 19.9 Å². The smallest absolute Gasteiger partial charge is 0.254 e. The number of nitrogens with zero attached hydrogens (tertiary/aromatic N) is 2. The molecule has 1 fully saturated rings. The maximum Gasteiger partial charge on any atom is 0.254 e. The molecule has 8 heteroatoms. The molecule has 1 saturated heterocycles. The van der Waals surface area contributed by atoms with E-state index >= 15 is 0 Å². The fourth-order valence-electron chi connectivity index (χ4n) is 2.41. The van der Waals surface area contributed by atoms with Gasteiger partial charge < -0.3 is 20.9 Å². The van der Waals surface area contributed by atoms with E-state index < -0.39 is 0 Å². The molecule has 0 radical (unpaired) electrons. The highest BCUT2D eigenvalue weighted by molar-refractivity contribution is 14.0. The molecule has 0 saturated carbocycles. The summed E-state index contributed by atoms with van der Waals surface area (Å²) in [4.78, 5) is 29.5. The zero-order chi connectivity index (χ0) is 17.4. The van der Waals surface area contributed by atoms with Crippen molar-refractivity contribution < 1.29 is 9.59 Å². The van der Waals surface area contributed by atoms with Crippen molar-refractivity contribution in [2.75, 3.05) is 33.2 Å². The second-order valence-corrected chi connectivity index (χ2v) is 5.63. The first-order valence-electron chi connectivity index (χ1n) is 8.23. The minimum absolute atomic E-state index is 0. The van der Waals surface area contributed by atoms with E-state index in [2.05, 4.69) is 27.9 Å². The summed E-state index contributed by atoms with van der Waals surface area (Å²) in [6.07, 6.45) is 1.03. The van der Waals surface area contributed by atoms with Crippen molar-refractivity contribution in [1.82, 2.24) is 20.9 Å². The molecule has 0 bridgehead atoms. The van der Waals surface area contributed by atoms with Gasteiger partial charge in [0.1, 0.15) is 0 Å². The Hall–Kier alpha value is -1.84. The summed E-state index contributed by atoms with van der Waals surface area (Å²) in [6, 6.07) is 7.43. The molecule has 3 N–H and O–H groups in total. The zero-order valence-corrected chi connectivity index (χ0v) is 17.0. The Morgan fingerprint density at radius 2 is 2.00 bits per heavy atom. The summed E-state index contributed by atoms with van der Waals surface area (Å²) in [5.41, 5.74) is 1.66. The number of amides is 2. The van der Waals surface area contributed by atoms with Crippen LogP contribution in [0.2, 0.25) is 0 Å². The molecule has 1 heterocycles. The summed E-state index contributed by atoms with van der Waals surface area (Å²) in [7, 11) is 1.74. The summed E-state index contributed by atoms with van der Waals surface area (Å²) in [5.74, 6) is 0.544. The van der Waals surface area contributed by atoms with Crippen LogP contribution in [0.5, 0.6) is 0 Å². The van der Waals surface area contributed by atoms with E-state index in [1.54, 1.807) is 24.1 Å². The van der Waals surface area contributed by atoms with Crippen LogP contribution < -0.4 is 16.0 Å². The van der Waals surface area contributed by atoms with E-state index in [9.17, 15) is 9.59 Å². The van der Waals surface area contributed by atoms with E-state index in [0.717, 1.165) is 24.5 Å². The lowest BCUT2D eigenvalue weighted by atomic mass is 10.1. The third-order valence-electron chi connectivity index (χ3n) is 3.75. The van der Waals surface area contributed by atoms with Crippen molar-refractivity contribution in [3.8, 4) is 0 Å². The molecular weight excluding hydrogens is 433 g/mol. The van der Waals surface area contributed by atoms with E-state index in [-0.39, 0.29) is 42.3 Å². The van der Waals surface area contributed by atoms with Gasteiger partial charge in [0.2, 0.25) is 5.91 Å². The maximum absolute atomic E-state index is 12.4. The van der Waals surface area contributed by atoms with Gasteiger partial charge in [0, 0.05) is 38.8 Å². The van der Waals surface area contributed by atoms with Gasteiger partial charge in [0.25, 0.3) is 5.91 Å². The van der Waals surface area contributed by atoms with Crippen molar-refractivity contribution in [3.63, 3.8) is 0 Å². The molecule has 138 valence electrons. The molecule has 0 spiro atoms. The van der Waals surface area contributed by atoms with Crippen LogP contribution >= 0.6 is 24.0 Å². The minimum atomic E-state index is -0.110. The molecule has 1 aromatic rings. The third kappa shape index (κ3) is 6.52. The highest BCUT2D eigenvalue weighted by atomic mass is 127. The topological polar surface area (TPSA) is 85.8 Å². The van der Waals surface area contributed by atoms with Crippen LogP contribution in [-0.4, -0.2) is 55.9 Å². The van der Waals surface area contributed by atoms with E-state index in [1.807, 2.05) is 12.1 Å². The van der Waals surface area contributed by atoms with Gasteiger partial charge in [-0.2, -0.15) is 0 Å². The second-order valence-electron chi connectivity index (χ2n) is 5.63. The molecule has 25 heavy (non-hydrogen) atoms. The molecule has 1 aromatic carbocycles. The zero-order valence-electron chi connectivity index (χ0n) is 14.7. The fourth-order valence-corrected chi connectivity index (χ4v) is 2.41. The molecule has 1 aliphatic heterocycles. The van der Waals surface area contributed by atoms with Crippen LogP contribution in [0.15, 0.2) is 29.3 Å². The van der Waals surface area contributed by atoms with E-state index in [0.29, 0.717) is 25.2 Å². The monoisotopic (exact) mass is 459 g/mol. The molecule has 0 aliphatic carbocycles. The number of piperazine rings is 1. The number of hydrogen-bond donors (Lipinski definition) is 3. The summed E-state index contributed by atoms with van der Waals surface area (Å²) >= 11 is 0. The molecule has 0 atom stereocenters. The standard InChI is InChI=1S/C17H25N5O2.HI/c1-3-8-20-17(18-2)21-11-13-4-6-14(7-5-13)16(24)22-10-9-19-15(23)12-22;/h4-7H,3,8-12H2,1-2H3,(H,19,23)(H2,18,20,21);1H. The van der Waals surface area contributed by atoms with Crippen molar-refractivity contribution in [1.29, 1.82) is 0 Å². The summed E-state index contributed by atoms with van der Waals surface area (Å²) < 4.78 is 0. The lowest BCUT2D eigenvalue weighted by Gasteiger charge is -2.26. The Balaban J connectivity index is 0.00000312. The van der Waals surface area contributed by atoms with Crippen LogP contribution in [0, 0.1) is 0 Å². The number of hydrogen-bond acceptors (Lipinski definition) is 3. The number of rotatable bonds is 5. The number of aliphatic imine (C=N–C) groups is 1. The number of carbonyl (C=O) groups excluding carboxylic acids is 2. The minimum Gasteiger partial charge on any atom is -0.356 e. The Morgan fingerprint density at radius 1 is 1.28 bits per heavy atom. The number of nitrogens with one attached hydrogen (secondary N) is 3. The van der Waals surface area contributed by atoms with Crippen LogP contribution in [0.1, 0.15) is 29.3 Å². The Morgan fingerprint density at radius 3 is 2.60 bits per heavy atom. The molecule has 7 nitrogen and oxygen atoms in total. The predicted molar refractivity (Wildman–Crippen MR) is 109 cm³/mol. The SMILES string of the molecule is CCCNC(=NC)NCc1ccc(C(=O)N2CCNC(=O)C2)cc1.I. The molecule has 2 amide bonds. The highest BCUT2D eigenvalue weighted by Crippen LogP contribution is 2.09. The lowest BCUT2D eigenvalue weighted by Crippen LogP contribution is -2.49. The normalized spacial score (nSPS) is 14.4. The van der Waals surface area contributed by atoms with Crippen LogP contribution in [0.25, 0.3) is 0 Å². The first-order valence-corrected chi connectivity index (χ1v) is 8.23. The van der Waals surface area contributed by atoms with Gasteiger partial charge in [-0.15, -0.1) is 24.0 Å². The van der Waals surface area contributed by atoms with Gasteiger partial charge in [-0.3, -0.25) is 14.6 Å². The Bertz CT molecular complexity index is 604. The summed E-state index contributed by atoms with van der Waals surface area (Å²) in [5, 5.41) is 9.15. The van der Waals surface area contributed by atoms with Crippen LogP contribution in [-0.2, 0) is 11.3 Å². The van der Waals surface area contributed by atoms with Crippen molar-refractivity contribution in [3.05, 3.63) is 35.4 Å². The third-order valence-corrected chi connectivity index (χ3v) is 3.75. The fraction of sp³-hybridized carbons (Fsp3) is 0.471. The number of guanidine groups is 1. The Kier molecular flexibility index (Phi) is 9.25. The quantitative estimate of drug-likeness (QED) is 0.348. The lowest BCUT2D eigenvalue weighted by molar-refractivity contribution is -0.123. The molecule has 2 rings (SSSR count). The van der Waals surface area contributed by atoms with Gasteiger partial charge in [-0.1, -0.05) is 19.1 Å². The van der Waals surface area contributed by atoms with Gasteiger partial charge in [0.05, 0.1) is 6.54 Å². The van der Waals surface area contributed by atoms with Gasteiger partial charge in [0.15, 0.2) is 5.96 Å². The van der Waals surface area contributed by atoms with Gasteiger partial charge in [-0.25, -0.2) is 0 Å². The predicted octanol–water partition coefficient (Wildman–Crippen LogP) is 0.952. The first-order chi connectivity index (χ1) is 11.6. The Labute approximate surface area is 165 Å². The maximum atomic E-state index is 12.4. The van der Waals surface area contributed by atoms with Crippen molar-refractivity contribution in [2.24, 2.45) is 4.99 Å².